The Labute approximate surface area is 139 Å². The predicted molar refractivity (Wildman–Crippen MR) is 92.1 cm³/mol. The molecule has 0 spiro atoms. The number of carbonyl (C=O) groups is 1. The third-order valence-electron chi connectivity index (χ3n) is 4.96. The molecule has 0 radical (unpaired) electrons. The van der Waals surface area contributed by atoms with Gasteiger partial charge in [0.1, 0.15) is 0 Å². The largest absolute Gasteiger partial charge is 0.308 e. The molecule has 4 rings (SSSR count). The zero-order valence-corrected chi connectivity index (χ0v) is 14.1. The van der Waals surface area contributed by atoms with Crippen LogP contribution in [-0.4, -0.2) is 11.9 Å². The molecule has 2 nitrogen and oxygen atoms in total. The molecule has 1 aliphatic carbocycles. The van der Waals surface area contributed by atoms with Crippen molar-refractivity contribution < 1.29 is 4.79 Å². The normalized spacial score (nSPS) is 21.5. The molecule has 2 aromatic rings. The van der Waals surface area contributed by atoms with Gasteiger partial charge in [-0.2, -0.15) is 0 Å². The highest BCUT2D eigenvalue weighted by Gasteiger charge is 2.54. The van der Waals surface area contributed by atoms with Gasteiger partial charge < -0.3 is 4.90 Å². The Morgan fingerprint density at radius 3 is 2.59 bits per heavy atom. The molecule has 1 fully saturated rings. The van der Waals surface area contributed by atoms with Gasteiger partial charge in [0.05, 0.1) is 5.41 Å². The van der Waals surface area contributed by atoms with E-state index in [2.05, 4.69) is 47.1 Å². The van der Waals surface area contributed by atoms with Gasteiger partial charge in [-0.05, 0) is 55.5 Å². The average molecular weight is 356 g/mol. The SMILES string of the molecule is CC1Cc2cc(Br)ccc2N1C(=O)C1(c2ccccc2)CC1. The van der Waals surface area contributed by atoms with Crippen LogP contribution in [0.4, 0.5) is 5.69 Å². The first-order valence-electron chi connectivity index (χ1n) is 7.79. The maximum absolute atomic E-state index is 13.3. The Hall–Kier alpha value is -1.61. The van der Waals surface area contributed by atoms with E-state index in [0.717, 1.165) is 35.0 Å². The topological polar surface area (TPSA) is 20.3 Å². The summed E-state index contributed by atoms with van der Waals surface area (Å²) in [6.45, 7) is 2.15. The van der Waals surface area contributed by atoms with E-state index in [1.807, 2.05) is 29.2 Å². The molecule has 3 heteroatoms. The fourth-order valence-electron chi connectivity index (χ4n) is 3.65. The zero-order chi connectivity index (χ0) is 15.3. The molecule has 0 bridgehead atoms. The van der Waals surface area contributed by atoms with Gasteiger partial charge in [0.2, 0.25) is 5.91 Å². The fraction of sp³-hybridized carbons (Fsp3) is 0.316. The second kappa shape index (κ2) is 4.95. The number of carbonyl (C=O) groups excluding carboxylic acids is 1. The number of fused-ring (bicyclic) bond motifs is 1. The van der Waals surface area contributed by atoms with Gasteiger partial charge >= 0.3 is 0 Å². The fourth-order valence-corrected chi connectivity index (χ4v) is 4.06. The van der Waals surface area contributed by atoms with Crippen LogP contribution in [0.5, 0.6) is 0 Å². The molecule has 1 heterocycles. The molecule has 1 amide bonds. The van der Waals surface area contributed by atoms with Crippen molar-refractivity contribution in [2.45, 2.75) is 37.6 Å². The summed E-state index contributed by atoms with van der Waals surface area (Å²) in [4.78, 5) is 15.3. The number of rotatable bonds is 2. The third kappa shape index (κ3) is 2.03. The van der Waals surface area contributed by atoms with E-state index in [4.69, 9.17) is 0 Å². The van der Waals surface area contributed by atoms with E-state index < -0.39 is 0 Å². The van der Waals surface area contributed by atoms with Gasteiger partial charge in [0.15, 0.2) is 0 Å². The standard InChI is InChI=1S/C19H18BrNO/c1-13-11-14-12-16(20)7-8-17(14)21(13)18(22)19(9-10-19)15-5-3-2-4-6-15/h2-8,12-13H,9-11H2,1H3. The summed E-state index contributed by atoms with van der Waals surface area (Å²) in [7, 11) is 0. The van der Waals surface area contributed by atoms with Crippen LogP contribution < -0.4 is 4.90 Å². The van der Waals surface area contributed by atoms with E-state index in [-0.39, 0.29) is 17.4 Å². The lowest BCUT2D eigenvalue weighted by molar-refractivity contribution is -0.121. The highest BCUT2D eigenvalue weighted by Crippen LogP contribution is 2.51. The molecular weight excluding hydrogens is 338 g/mol. The van der Waals surface area contributed by atoms with E-state index in [9.17, 15) is 4.79 Å². The minimum Gasteiger partial charge on any atom is -0.308 e. The number of amides is 1. The quantitative estimate of drug-likeness (QED) is 0.778. The lowest BCUT2D eigenvalue weighted by atomic mass is 9.94. The Morgan fingerprint density at radius 2 is 1.91 bits per heavy atom. The van der Waals surface area contributed by atoms with Crippen LogP contribution in [0.15, 0.2) is 53.0 Å². The summed E-state index contributed by atoms with van der Waals surface area (Å²) in [5.41, 5.74) is 3.23. The third-order valence-corrected chi connectivity index (χ3v) is 5.45. The van der Waals surface area contributed by atoms with Crippen LogP contribution in [0.2, 0.25) is 0 Å². The molecule has 1 aliphatic heterocycles. The molecule has 2 aliphatic rings. The van der Waals surface area contributed by atoms with Gasteiger partial charge in [-0.15, -0.1) is 0 Å². The minimum atomic E-state index is -0.287. The molecule has 112 valence electrons. The first-order chi connectivity index (χ1) is 10.6. The zero-order valence-electron chi connectivity index (χ0n) is 12.6. The van der Waals surface area contributed by atoms with Crippen molar-refractivity contribution in [2.75, 3.05) is 4.90 Å². The monoisotopic (exact) mass is 355 g/mol. The molecule has 1 unspecified atom stereocenters. The van der Waals surface area contributed by atoms with Gasteiger partial charge in [0, 0.05) is 16.2 Å². The lowest BCUT2D eigenvalue weighted by Gasteiger charge is -2.28. The Morgan fingerprint density at radius 1 is 1.18 bits per heavy atom. The number of anilines is 1. The summed E-state index contributed by atoms with van der Waals surface area (Å²) >= 11 is 3.53. The maximum atomic E-state index is 13.3. The number of halogens is 1. The average Bonchev–Trinajstić information content (AvgIpc) is 3.26. The number of benzene rings is 2. The molecule has 0 saturated heterocycles. The van der Waals surface area contributed by atoms with E-state index in [1.54, 1.807) is 0 Å². The first kappa shape index (κ1) is 14.0. The van der Waals surface area contributed by atoms with E-state index in [1.165, 1.54) is 5.56 Å². The van der Waals surface area contributed by atoms with Gasteiger partial charge in [-0.25, -0.2) is 0 Å². The van der Waals surface area contributed by atoms with Gasteiger partial charge in [0.25, 0.3) is 0 Å². The van der Waals surface area contributed by atoms with Crippen molar-refractivity contribution in [3.8, 4) is 0 Å². The summed E-state index contributed by atoms with van der Waals surface area (Å²) in [5, 5.41) is 0. The van der Waals surface area contributed by atoms with Gasteiger partial charge in [-0.1, -0.05) is 46.3 Å². The Kier molecular flexibility index (Phi) is 3.15. The Balaban J connectivity index is 1.73. The second-order valence-corrected chi connectivity index (χ2v) is 7.37. The van der Waals surface area contributed by atoms with Crippen molar-refractivity contribution in [3.05, 3.63) is 64.1 Å². The number of nitrogens with zero attached hydrogens (tertiary/aromatic N) is 1. The second-order valence-electron chi connectivity index (χ2n) is 6.45. The Bertz CT molecular complexity index is 736. The molecule has 2 aromatic carbocycles. The summed E-state index contributed by atoms with van der Waals surface area (Å²) in [5.74, 6) is 0.271. The molecule has 1 atom stereocenters. The molecule has 0 aromatic heterocycles. The van der Waals surface area contributed by atoms with Crippen molar-refractivity contribution in [1.82, 2.24) is 0 Å². The maximum Gasteiger partial charge on any atom is 0.237 e. The van der Waals surface area contributed by atoms with Crippen molar-refractivity contribution in [2.24, 2.45) is 0 Å². The van der Waals surface area contributed by atoms with E-state index >= 15 is 0 Å². The van der Waals surface area contributed by atoms with E-state index in [0.29, 0.717) is 0 Å². The van der Waals surface area contributed by atoms with Crippen molar-refractivity contribution in [1.29, 1.82) is 0 Å². The highest BCUT2D eigenvalue weighted by atomic mass is 79.9. The van der Waals surface area contributed by atoms with Crippen LogP contribution in [0, 0.1) is 0 Å². The van der Waals surface area contributed by atoms with Crippen LogP contribution in [0.3, 0.4) is 0 Å². The van der Waals surface area contributed by atoms with Crippen LogP contribution >= 0.6 is 15.9 Å². The smallest absolute Gasteiger partial charge is 0.237 e. The number of hydrogen-bond donors (Lipinski definition) is 0. The van der Waals surface area contributed by atoms with Crippen molar-refractivity contribution >= 4 is 27.5 Å². The molecule has 1 saturated carbocycles. The van der Waals surface area contributed by atoms with Crippen LogP contribution in [0.1, 0.15) is 30.9 Å². The van der Waals surface area contributed by atoms with Crippen LogP contribution in [0.25, 0.3) is 0 Å². The molecule has 0 N–H and O–H groups in total. The molecule has 22 heavy (non-hydrogen) atoms. The first-order valence-corrected chi connectivity index (χ1v) is 8.59. The van der Waals surface area contributed by atoms with Crippen molar-refractivity contribution in [3.63, 3.8) is 0 Å². The summed E-state index contributed by atoms with van der Waals surface area (Å²) < 4.78 is 1.08. The lowest BCUT2D eigenvalue weighted by Crippen LogP contribution is -2.42. The minimum absolute atomic E-state index is 0.234. The van der Waals surface area contributed by atoms with Crippen LogP contribution in [-0.2, 0) is 16.6 Å². The highest BCUT2D eigenvalue weighted by molar-refractivity contribution is 9.10. The summed E-state index contributed by atoms with van der Waals surface area (Å²) in [6.07, 6.45) is 2.86. The summed E-state index contributed by atoms with van der Waals surface area (Å²) in [6, 6.07) is 16.7. The molecular formula is C19H18BrNO. The van der Waals surface area contributed by atoms with Gasteiger partial charge in [-0.3, -0.25) is 4.79 Å². The predicted octanol–water partition coefficient (Wildman–Crippen LogP) is 4.46. The number of hydrogen-bond acceptors (Lipinski definition) is 1.